The van der Waals surface area contributed by atoms with E-state index in [1.807, 2.05) is 25.4 Å². The molecule has 0 aliphatic carbocycles. The van der Waals surface area contributed by atoms with E-state index >= 15 is 0 Å². The lowest BCUT2D eigenvalue weighted by Crippen LogP contribution is -2.36. The van der Waals surface area contributed by atoms with E-state index in [-0.39, 0.29) is 6.10 Å². The van der Waals surface area contributed by atoms with E-state index in [1.165, 1.54) is 5.57 Å². The molecule has 7 heteroatoms. The Morgan fingerprint density at radius 2 is 1.91 bits per heavy atom. The van der Waals surface area contributed by atoms with Crippen LogP contribution in [-0.4, -0.2) is 48.8 Å². The molecule has 0 radical (unpaired) electrons. The average Bonchev–Trinajstić information content (AvgIpc) is 3.40. The van der Waals surface area contributed by atoms with Crippen LogP contribution in [-0.2, 0) is 6.42 Å². The van der Waals surface area contributed by atoms with Crippen LogP contribution in [0.25, 0.3) is 22.4 Å². The zero-order valence-electron chi connectivity index (χ0n) is 18.8. The summed E-state index contributed by atoms with van der Waals surface area (Å²) in [5.74, 6) is 1.84. The van der Waals surface area contributed by atoms with Gasteiger partial charge in [-0.2, -0.15) is 0 Å². The third kappa shape index (κ3) is 3.81. The third-order valence-corrected chi connectivity index (χ3v) is 6.58. The van der Waals surface area contributed by atoms with Crippen molar-refractivity contribution in [3.8, 4) is 11.3 Å². The number of nitrogens with zero attached hydrogens (tertiary/aromatic N) is 6. The number of anilines is 1. The first-order valence-corrected chi connectivity index (χ1v) is 11.6. The summed E-state index contributed by atoms with van der Waals surface area (Å²) < 4.78 is 2.33. The lowest BCUT2D eigenvalue weighted by Gasteiger charge is -2.29. The third-order valence-electron chi connectivity index (χ3n) is 6.58. The van der Waals surface area contributed by atoms with Crippen LogP contribution in [0.5, 0.6) is 0 Å². The Labute approximate surface area is 188 Å². The number of imidazole rings is 1. The molecule has 2 aliphatic rings. The SMILES string of the molecule is C/C=C\C=C(/CC)[C@H]1CCc2nc3ccc(-c4cnc(N5CCC(O)CC5)nc4)nc3n21. The van der Waals surface area contributed by atoms with Gasteiger partial charge in [0.05, 0.1) is 17.8 Å². The van der Waals surface area contributed by atoms with Crippen molar-refractivity contribution in [1.29, 1.82) is 0 Å². The maximum Gasteiger partial charge on any atom is 0.225 e. The number of pyridine rings is 1. The van der Waals surface area contributed by atoms with Gasteiger partial charge in [-0.25, -0.2) is 19.9 Å². The van der Waals surface area contributed by atoms with Crippen molar-refractivity contribution in [3.63, 3.8) is 0 Å². The smallest absolute Gasteiger partial charge is 0.225 e. The van der Waals surface area contributed by atoms with Gasteiger partial charge in [-0.1, -0.05) is 25.2 Å². The first-order chi connectivity index (χ1) is 15.7. The largest absolute Gasteiger partial charge is 0.393 e. The van der Waals surface area contributed by atoms with E-state index in [0.717, 1.165) is 73.4 Å². The summed E-state index contributed by atoms with van der Waals surface area (Å²) in [6.07, 6.45) is 14.5. The van der Waals surface area contributed by atoms with Crippen molar-refractivity contribution < 1.29 is 5.11 Å². The van der Waals surface area contributed by atoms with Gasteiger partial charge in [0, 0.05) is 37.5 Å². The fourth-order valence-corrected chi connectivity index (χ4v) is 4.80. The number of hydrogen-bond donors (Lipinski definition) is 1. The number of aromatic nitrogens is 5. The molecule has 0 spiro atoms. The van der Waals surface area contributed by atoms with E-state index in [9.17, 15) is 5.11 Å². The van der Waals surface area contributed by atoms with Crippen LogP contribution >= 0.6 is 0 Å². The van der Waals surface area contributed by atoms with Gasteiger partial charge < -0.3 is 14.6 Å². The molecule has 0 aromatic carbocycles. The lowest BCUT2D eigenvalue weighted by molar-refractivity contribution is 0.145. The molecule has 2 aliphatic heterocycles. The summed E-state index contributed by atoms with van der Waals surface area (Å²) in [5, 5.41) is 9.72. The van der Waals surface area contributed by atoms with Gasteiger partial charge in [0.1, 0.15) is 11.3 Å². The van der Waals surface area contributed by atoms with Gasteiger partial charge in [0.2, 0.25) is 5.95 Å². The van der Waals surface area contributed by atoms with E-state index < -0.39 is 0 Å². The molecule has 5 heterocycles. The predicted molar refractivity (Wildman–Crippen MR) is 127 cm³/mol. The minimum Gasteiger partial charge on any atom is -0.393 e. The van der Waals surface area contributed by atoms with Crippen LogP contribution in [0.1, 0.15) is 51.4 Å². The minimum absolute atomic E-state index is 0.205. The average molecular weight is 431 g/mol. The zero-order valence-corrected chi connectivity index (χ0v) is 18.8. The second-order valence-electron chi connectivity index (χ2n) is 8.60. The highest BCUT2D eigenvalue weighted by Crippen LogP contribution is 2.36. The molecule has 1 N–H and O–H groups in total. The number of aryl methyl sites for hydroxylation is 1. The Morgan fingerprint density at radius 1 is 1.12 bits per heavy atom. The Balaban J connectivity index is 1.46. The molecule has 1 saturated heterocycles. The molecule has 0 bridgehead atoms. The number of allylic oxidation sites excluding steroid dienone is 4. The molecule has 0 amide bonds. The van der Waals surface area contributed by atoms with Crippen molar-refractivity contribution in [2.75, 3.05) is 18.0 Å². The number of hydrogen-bond acceptors (Lipinski definition) is 6. The monoisotopic (exact) mass is 430 g/mol. The standard InChI is InChI=1S/C25H30N6O/c1-3-5-6-17(4-2)22-9-10-23-28-21-8-7-20(29-24(21)31(22)23)18-15-26-25(27-16-18)30-13-11-19(32)12-14-30/h3,5-8,15-16,19,22,32H,4,9-14H2,1-2H3/b5-3-,17-6+/t22-/m1/s1. The molecule has 7 nitrogen and oxygen atoms in total. The summed E-state index contributed by atoms with van der Waals surface area (Å²) in [4.78, 5) is 21.2. The van der Waals surface area contributed by atoms with Gasteiger partial charge in [-0.15, -0.1) is 0 Å². The van der Waals surface area contributed by atoms with E-state index in [1.54, 1.807) is 0 Å². The summed E-state index contributed by atoms with van der Waals surface area (Å²) in [6.45, 7) is 5.84. The predicted octanol–water partition coefficient (Wildman–Crippen LogP) is 4.25. The van der Waals surface area contributed by atoms with Crippen LogP contribution < -0.4 is 4.90 Å². The van der Waals surface area contributed by atoms with Gasteiger partial charge in [0.25, 0.3) is 0 Å². The van der Waals surface area contributed by atoms with Crippen LogP contribution in [0, 0.1) is 0 Å². The molecule has 0 unspecified atom stereocenters. The molecule has 32 heavy (non-hydrogen) atoms. The lowest BCUT2D eigenvalue weighted by atomic mass is 10.0. The van der Waals surface area contributed by atoms with Crippen molar-refractivity contribution >= 4 is 17.1 Å². The molecule has 0 saturated carbocycles. The van der Waals surface area contributed by atoms with Crippen LogP contribution in [0.4, 0.5) is 5.95 Å². The van der Waals surface area contributed by atoms with Gasteiger partial charge in [0.15, 0.2) is 5.65 Å². The van der Waals surface area contributed by atoms with Crippen molar-refractivity contribution in [2.24, 2.45) is 0 Å². The Bertz CT molecular complexity index is 1160. The summed E-state index contributed by atoms with van der Waals surface area (Å²) >= 11 is 0. The molecule has 1 fully saturated rings. The maximum atomic E-state index is 9.72. The van der Waals surface area contributed by atoms with Crippen molar-refractivity contribution in [3.05, 3.63) is 54.2 Å². The summed E-state index contributed by atoms with van der Waals surface area (Å²) in [5.41, 5.74) is 5.06. The Hall–Kier alpha value is -3.06. The molecule has 3 aromatic rings. The Kier molecular flexibility index (Phi) is 5.74. The van der Waals surface area contributed by atoms with Crippen molar-refractivity contribution in [1.82, 2.24) is 24.5 Å². The van der Waals surface area contributed by atoms with E-state index in [2.05, 4.69) is 50.7 Å². The highest BCUT2D eigenvalue weighted by Gasteiger charge is 2.28. The highest BCUT2D eigenvalue weighted by atomic mass is 16.3. The van der Waals surface area contributed by atoms with Crippen LogP contribution in [0.3, 0.4) is 0 Å². The van der Waals surface area contributed by atoms with Gasteiger partial charge in [-0.05, 0) is 50.3 Å². The fraction of sp³-hybridized carbons (Fsp3) is 0.440. The normalized spacial score (nSPS) is 19.9. The fourth-order valence-electron chi connectivity index (χ4n) is 4.80. The number of piperidine rings is 1. The minimum atomic E-state index is -0.205. The number of aliphatic hydroxyl groups is 1. The molecular weight excluding hydrogens is 400 g/mol. The summed E-state index contributed by atoms with van der Waals surface area (Å²) in [7, 11) is 0. The molecule has 3 aromatic heterocycles. The number of aliphatic hydroxyl groups excluding tert-OH is 1. The molecule has 166 valence electrons. The van der Waals surface area contributed by atoms with E-state index in [0.29, 0.717) is 12.0 Å². The topological polar surface area (TPSA) is 80.0 Å². The van der Waals surface area contributed by atoms with Crippen LogP contribution in [0.15, 0.2) is 48.3 Å². The second kappa shape index (κ2) is 8.82. The number of fused-ring (bicyclic) bond motifs is 3. The van der Waals surface area contributed by atoms with Gasteiger partial charge >= 0.3 is 0 Å². The number of rotatable bonds is 5. The zero-order chi connectivity index (χ0) is 22.1. The van der Waals surface area contributed by atoms with E-state index in [4.69, 9.17) is 9.97 Å². The maximum absolute atomic E-state index is 9.72. The highest BCUT2D eigenvalue weighted by molar-refractivity contribution is 5.76. The second-order valence-corrected chi connectivity index (χ2v) is 8.60. The first kappa shape index (κ1) is 20.8. The Morgan fingerprint density at radius 3 is 2.62 bits per heavy atom. The molecule has 5 rings (SSSR count). The van der Waals surface area contributed by atoms with Gasteiger partial charge in [-0.3, -0.25) is 0 Å². The van der Waals surface area contributed by atoms with Crippen LogP contribution in [0.2, 0.25) is 0 Å². The first-order valence-electron chi connectivity index (χ1n) is 11.6. The summed E-state index contributed by atoms with van der Waals surface area (Å²) in [6, 6.07) is 4.37. The van der Waals surface area contributed by atoms with Crippen molar-refractivity contribution in [2.45, 2.75) is 58.1 Å². The molecule has 1 atom stereocenters. The molecular formula is C25H30N6O. The quantitative estimate of drug-likeness (QED) is 0.610.